The van der Waals surface area contributed by atoms with Crippen LogP contribution in [0.15, 0.2) is 18.2 Å². The average molecular weight is 180 g/mol. The standard InChI is InChI=1S/C10H12O3/c1-7-3-2-4-8(11)9(7)10-12-5-6-13-10/h2-4,10-11H,5-6H2,1H3. The first-order valence-electron chi connectivity index (χ1n) is 4.31. The maximum Gasteiger partial charge on any atom is 0.187 e. The quantitative estimate of drug-likeness (QED) is 0.715. The van der Waals surface area contributed by atoms with Crippen LogP contribution in [0, 0.1) is 6.92 Å². The highest BCUT2D eigenvalue weighted by Crippen LogP contribution is 2.32. The molecule has 1 heterocycles. The molecule has 3 nitrogen and oxygen atoms in total. The van der Waals surface area contributed by atoms with Crippen LogP contribution in [0.3, 0.4) is 0 Å². The zero-order valence-corrected chi connectivity index (χ0v) is 7.49. The number of aromatic hydroxyl groups is 1. The van der Waals surface area contributed by atoms with Crippen LogP contribution >= 0.6 is 0 Å². The van der Waals surface area contributed by atoms with E-state index in [1.165, 1.54) is 0 Å². The van der Waals surface area contributed by atoms with Crippen LogP contribution in [-0.2, 0) is 9.47 Å². The molecular formula is C10H12O3. The van der Waals surface area contributed by atoms with E-state index in [0.29, 0.717) is 13.2 Å². The van der Waals surface area contributed by atoms with Gasteiger partial charge in [0.2, 0.25) is 0 Å². The van der Waals surface area contributed by atoms with Crippen LogP contribution in [0.4, 0.5) is 0 Å². The Hall–Kier alpha value is -1.06. The van der Waals surface area contributed by atoms with Gasteiger partial charge in [-0.15, -0.1) is 0 Å². The normalized spacial score (nSPS) is 17.9. The van der Waals surface area contributed by atoms with Gasteiger partial charge in [-0.25, -0.2) is 0 Å². The van der Waals surface area contributed by atoms with E-state index in [0.717, 1.165) is 11.1 Å². The van der Waals surface area contributed by atoms with Gasteiger partial charge in [0.05, 0.1) is 18.8 Å². The lowest BCUT2D eigenvalue weighted by Crippen LogP contribution is -2.00. The van der Waals surface area contributed by atoms with Gasteiger partial charge in [0.25, 0.3) is 0 Å². The van der Waals surface area contributed by atoms with E-state index < -0.39 is 0 Å². The van der Waals surface area contributed by atoms with Crippen molar-refractivity contribution < 1.29 is 14.6 Å². The molecule has 1 aromatic rings. The fourth-order valence-electron chi connectivity index (χ4n) is 1.50. The lowest BCUT2D eigenvalue weighted by atomic mass is 10.1. The summed E-state index contributed by atoms with van der Waals surface area (Å²) in [6.45, 7) is 3.12. The molecular weight excluding hydrogens is 168 g/mol. The minimum absolute atomic E-state index is 0.243. The van der Waals surface area contributed by atoms with Crippen LogP contribution in [0.2, 0.25) is 0 Å². The number of rotatable bonds is 1. The van der Waals surface area contributed by atoms with E-state index in [2.05, 4.69) is 0 Å². The third kappa shape index (κ3) is 1.53. The molecule has 0 amide bonds. The van der Waals surface area contributed by atoms with Gasteiger partial charge in [-0.1, -0.05) is 12.1 Å². The SMILES string of the molecule is Cc1cccc(O)c1C1OCCO1. The average Bonchev–Trinajstić information content (AvgIpc) is 2.57. The van der Waals surface area contributed by atoms with Crippen molar-refractivity contribution >= 4 is 0 Å². The summed E-state index contributed by atoms with van der Waals surface area (Å²) in [5.74, 6) is 0.243. The molecule has 1 aliphatic rings. The Kier molecular flexibility index (Phi) is 2.20. The lowest BCUT2D eigenvalue weighted by molar-refractivity contribution is -0.0458. The Morgan fingerprint density at radius 2 is 2.00 bits per heavy atom. The van der Waals surface area contributed by atoms with Crippen molar-refractivity contribution in [3.8, 4) is 5.75 Å². The van der Waals surface area contributed by atoms with E-state index in [1.54, 1.807) is 6.07 Å². The molecule has 1 aromatic carbocycles. The summed E-state index contributed by atoms with van der Waals surface area (Å²) in [6, 6.07) is 5.39. The zero-order valence-electron chi connectivity index (χ0n) is 7.49. The van der Waals surface area contributed by atoms with Crippen molar-refractivity contribution in [1.82, 2.24) is 0 Å². The highest BCUT2D eigenvalue weighted by molar-refractivity contribution is 5.39. The molecule has 0 radical (unpaired) electrons. The summed E-state index contributed by atoms with van der Waals surface area (Å²) in [4.78, 5) is 0. The summed E-state index contributed by atoms with van der Waals surface area (Å²) in [6.07, 6.45) is -0.388. The summed E-state index contributed by atoms with van der Waals surface area (Å²) in [5.41, 5.74) is 1.74. The topological polar surface area (TPSA) is 38.7 Å². The summed E-state index contributed by atoms with van der Waals surface area (Å²) < 4.78 is 10.6. The Balaban J connectivity index is 2.37. The summed E-state index contributed by atoms with van der Waals surface area (Å²) >= 11 is 0. The number of hydrogen-bond acceptors (Lipinski definition) is 3. The fraction of sp³-hybridized carbons (Fsp3) is 0.400. The molecule has 13 heavy (non-hydrogen) atoms. The van der Waals surface area contributed by atoms with Gasteiger partial charge in [0.15, 0.2) is 6.29 Å². The van der Waals surface area contributed by atoms with Crippen LogP contribution in [0.5, 0.6) is 5.75 Å². The van der Waals surface area contributed by atoms with E-state index in [1.807, 2.05) is 19.1 Å². The van der Waals surface area contributed by atoms with Crippen LogP contribution < -0.4 is 0 Å². The molecule has 0 aliphatic carbocycles. The summed E-state index contributed by atoms with van der Waals surface area (Å²) in [5, 5.41) is 9.59. The Bertz CT molecular complexity index is 283. The van der Waals surface area contributed by atoms with Gasteiger partial charge >= 0.3 is 0 Å². The monoisotopic (exact) mass is 180 g/mol. The lowest BCUT2D eigenvalue weighted by Gasteiger charge is -2.13. The first-order valence-corrected chi connectivity index (χ1v) is 4.31. The third-order valence-electron chi connectivity index (χ3n) is 2.16. The molecule has 1 aliphatic heterocycles. The molecule has 1 N–H and O–H groups in total. The van der Waals surface area contributed by atoms with Gasteiger partial charge in [-0.2, -0.15) is 0 Å². The van der Waals surface area contributed by atoms with E-state index in [-0.39, 0.29) is 12.0 Å². The summed E-state index contributed by atoms with van der Waals surface area (Å²) in [7, 11) is 0. The second kappa shape index (κ2) is 3.36. The number of phenolic OH excluding ortho intramolecular Hbond substituents is 1. The highest BCUT2D eigenvalue weighted by Gasteiger charge is 2.22. The largest absolute Gasteiger partial charge is 0.507 e. The van der Waals surface area contributed by atoms with E-state index >= 15 is 0 Å². The maximum absolute atomic E-state index is 9.59. The van der Waals surface area contributed by atoms with Gasteiger partial charge in [0.1, 0.15) is 5.75 Å². The van der Waals surface area contributed by atoms with Gasteiger partial charge in [-0.05, 0) is 18.6 Å². The second-order valence-corrected chi connectivity index (χ2v) is 3.08. The van der Waals surface area contributed by atoms with Gasteiger partial charge < -0.3 is 14.6 Å². The Morgan fingerprint density at radius 1 is 1.31 bits per heavy atom. The van der Waals surface area contributed by atoms with Crippen molar-refractivity contribution in [3.63, 3.8) is 0 Å². The highest BCUT2D eigenvalue weighted by atomic mass is 16.7. The smallest absolute Gasteiger partial charge is 0.187 e. The molecule has 1 fully saturated rings. The molecule has 0 bridgehead atoms. The van der Waals surface area contributed by atoms with Crippen LogP contribution in [0.25, 0.3) is 0 Å². The molecule has 0 spiro atoms. The molecule has 3 heteroatoms. The van der Waals surface area contributed by atoms with E-state index in [4.69, 9.17) is 9.47 Å². The molecule has 1 saturated heterocycles. The molecule has 2 rings (SSSR count). The minimum Gasteiger partial charge on any atom is -0.507 e. The first-order chi connectivity index (χ1) is 6.29. The molecule has 0 unspecified atom stereocenters. The molecule has 70 valence electrons. The molecule has 0 atom stereocenters. The maximum atomic E-state index is 9.59. The Morgan fingerprint density at radius 3 is 2.62 bits per heavy atom. The number of ether oxygens (including phenoxy) is 2. The number of hydrogen-bond donors (Lipinski definition) is 1. The van der Waals surface area contributed by atoms with Crippen molar-refractivity contribution in [2.75, 3.05) is 13.2 Å². The van der Waals surface area contributed by atoms with Crippen molar-refractivity contribution in [2.24, 2.45) is 0 Å². The second-order valence-electron chi connectivity index (χ2n) is 3.08. The number of aryl methyl sites for hydroxylation is 1. The predicted molar refractivity (Wildman–Crippen MR) is 47.5 cm³/mol. The van der Waals surface area contributed by atoms with Gasteiger partial charge in [-0.3, -0.25) is 0 Å². The molecule has 0 aromatic heterocycles. The van der Waals surface area contributed by atoms with Crippen molar-refractivity contribution in [1.29, 1.82) is 0 Å². The van der Waals surface area contributed by atoms with Crippen LogP contribution in [-0.4, -0.2) is 18.3 Å². The first kappa shape index (κ1) is 8.53. The van der Waals surface area contributed by atoms with Crippen LogP contribution in [0.1, 0.15) is 17.4 Å². The molecule has 0 saturated carbocycles. The van der Waals surface area contributed by atoms with E-state index in [9.17, 15) is 5.11 Å². The minimum atomic E-state index is -0.388. The third-order valence-corrected chi connectivity index (χ3v) is 2.16. The number of phenols is 1. The zero-order chi connectivity index (χ0) is 9.26. The number of benzene rings is 1. The van der Waals surface area contributed by atoms with Crippen molar-refractivity contribution in [2.45, 2.75) is 13.2 Å². The predicted octanol–water partition coefficient (Wildman–Crippen LogP) is 1.75. The fourth-order valence-corrected chi connectivity index (χ4v) is 1.50. The Labute approximate surface area is 76.9 Å². The van der Waals surface area contributed by atoms with Crippen molar-refractivity contribution in [3.05, 3.63) is 29.3 Å². The van der Waals surface area contributed by atoms with Gasteiger partial charge in [0, 0.05) is 0 Å².